The van der Waals surface area contributed by atoms with E-state index in [1.165, 1.54) is 0 Å². The lowest BCUT2D eigenvalue weighted by molar-refractivity contribution is -0.139. The van der Waals surface area contributed by atoms with E-state index in [-0.39, 0.29) is 13.1 Å². The van der Waals surface area contributed by atoms with Gasteiger partial charge in [0.2, 0.25) is 0 Å². The molecule has 1 aromatic heterocycles. The molecule has 0 spiro atoms. The molecule has 0 radical (unpaired) electrons. The first-order chi connectivity index (χ1) is 12.6. The molecular formula is C20H21N3O3. The molecule has 0 saturated carbocycles. The van der Waals surface area contributed by atoms with Crippen molar-refractivity contribution in [3.8, 4) is 0 Å². The Balaban J connectivity index is 1.55. The number of nitrogens with one attached hydrogen (secondary N) is 2. The van der Waals surface area contributed by atoms with E-state index in [4.69, 9.17) is 0 Å². The van der Waals surface area contributed by atoms with Gasteiger partial charge in [-0.05, 0) is 11.6 Å². The third-order valence-corrected chi connectivity index (χ3v) is 4.24. The molecule has 3 aromatic rings. The van der Waals surface area contributed by atoms with Crippen LogP contribution in [0.25, 0.3) is 10.9 Å². The minimum atomic E-state index is -0.896. The highest BCUT2D eigenvalue weighted by Crippen LogP contribution is 2.25. The van der Waals surface area contributed by atoms with Crippen molar-refractivity contribution >= 4 is 22.7 Å². The Morgan fingerprint density at radius 1 is 1.00 bits per heavy atom. The third-order valence-electron chi connectivity index (χ3n) is 4.24. The summed E-state index contributed by atoms with van der Waals surface area (Å²) in [6.45, 7) is 0.241. The monoisotopic (exact) mass is 351 g/mol. The van der Waals surface area contributed by atoms with Crippen LogP contribution in [-0.2, 0) is 23.2 Å². The van der Waals surface area contributed by atoms with Crippen LogP contribution in [0.4, 0.5) is 0 Å². The van der Waals surface area contributed by atoms with E-state index in [1.807, 2.05) is 72.4 Å². The number of hydrogen-bond acceptors (Lipinski definition) is 3. The SMILES string of the molecule is Cn1cc(C(O)CNC(=O)C(=O)NCc2ccccc2)c2ccccc21. The van der Waals surface area contributed by atoms with E-state index >= 15 is 0 Å². The van der Waals surface area contributed by atoms with Crippen molar-refractivity contribution in [2.24, 2.45) is 7.05 Å². The Kier molecular flexibility index (Phi) is 5.34. The summed E-state index contributed by atoms with van der Waals surface area (Å²) in [5, 5.41) is 16.4. The van der Waals surface area contributed by atoms with Crippen molar-refractivity contribution in [2.75, 3.05) is 6.54 Å². The van der Waals surface area contributed by atoms with Gasteiger partial charge < -0.3 is 20.3 Å². The number of amides is 2. The lowest BCUT2D eigenvalue weighted by atomic mass is 10.1. The Morgan fingerprint density at radius 3 is 2.42 bits per heavy atom. The number of benzene rings is 2. The first kappa shape index (κ1) is 17.7. The minimum absolute atomic E-state index is 0.0361. The predicted octanol–water partition coefficient (Wildman–Crippen LogP) is 1.64. The van der Waals surface area contributed by atoms with Crippen molar-refractivity contribution in [2.45, 2.75) is 12.6 Å². The average molecular weight is 351 g/mol. The zero-order valence-electron chi connectivity index (χ0n) is 14.5. The molecule has 0 aliphatic heterocycles. The van der Waals surface area contributed by atoms with Crippen LogP contribution < -0.4 is 10.6 Å². The smallest absolute Gasteiger partial charge is 0.309 e. The maximum Gasteiger partial charge on any atom is 0.309 e. The van der Waals surface area contributed by atoms with Gasteiger partial charge in [0.1, 0.15) is 0 Å². The second kappa shape index (κ2) is 7.84. The molecule has 0 aliphatic carbocycles. The molecule has 0 saturated heterocycles. The molecule has 2 aromatic carbocycles. The Labute approximate surface area is 151 Å². The number of aliphatic hydroxyl groups excluding tert-OH is 1. The van der Waals surface area contributed by atoms with Crippen LogP contribution in [-0.4, -0.2) is 28.0 Å². The quantitative estimate of drug-likeness (QED) is 0.611. The molecule has 1 atom stereocenters. The highest BCUT2D eigenvalue weighted by Gasteiger charge is 2.18. The molecule has 1 unspecified atom stereocenters. The molecule has 6 heteroatoms. The molecular weight excluding hydrogens is 330 g/mol. The minimum Gasteiger partial charge on any atom is -0.386 e. The van der Waals surface area contributed by atoms with E-state index in [0.29, 0.717) is 5.56 Å². The normalized spacial score (nSPS) is 11.9. The van der Waals surface area contributed by atoms with Gasteiger partial charge in [-0.25, -0.2) is 0 Å². The Bertz CT molecular complexity index is 918. The fourth-order valence-electron chi connectivity index (χ4n) is 2.88. The van der Waals surface area contributed by atoms with Crippen molar-refractivity contribution in [1.29, 1.82) is 0 Å². The van der Waals surface area contributed by atoms with Crippen LogP contribution in [0.3, 0.4) is 0 Å². The molecule has 2 amide bonds. The maximum atomic E-state index is 11.9. The molecule has 3 N–H and O–H groups in total. The topological polar surface area (TPSA) is 83.4 Å². The fourth-order valence-corrected chi connectivity index (χ4v) is 2.88. The standard InChI is InChI=1S/C20H21N3O3/c1-23-13-16(15-9-5-6-10-17(15)23)18(24)12-22-20(26)19(25)21-11-14-7-3-2-4-8-14/h2-10,13,18,24H,11-12H2,1H3,(H,21,25)(H,22,26). The second-order valence-corrected chi connectivity index (χ2v) is 6.11. The zero-order valence-corrected chi connectivity index (χ0v) is 14.5. The summed E-state index contributed by atoms with van der Waals surface area (Å²) in [6, 6.07) is 17.0. The summed E-state index contributed by atoms with van der Waals surface area (Å²) in [5.74, 6) is -1.49. The molecule has 3 rings (SSSR count). The molecule has 0 bridgehead atoms. The van der Waals surface area contributed by atoms with E-state index in [0.717, 1.165) is 16.5 Å². The third kappa shape index (κ3) is 3.92. The van der Waals surface area contributed by atoms with Gasteiger partial charge in [0.25, 0.3) is 0 Å². The van der Waals surface area contributed by atoms with Gasteiger partial charge in [0.15, 0.2) is 0 Å². The molecule has 0 aliphatic rings. The van der Waals surface area contributed by atoms with Crippen molar-refractivity contribution < 1.29 is 14.7 Å². The predicted molar refractivity (Wildman–Crippen MR) is 99.2 cm³/mol. The van der Waals surface area contributed by atoms with Crippen molar-refractivity contribution in [3.05, 3.63) is 71.9 Å². The van der Waals surface area contributed by atoms with Crippen LogP contribution in [0.15, 0.2) is 60.8 Å². The largest absolute Gasteiger partial charge is 0.386 e. The number of aliphatic hydroxyl groups is 1. The fraction of sp³-hybridized carbons (Fsp3) is 0.200. The number of aryl methyl sites for hydroxylation is 1. The van der Waals surface area contributed by atoms with E-state index in [1.54, 1.807) is 0 Å². The van der Waals surface area contributed by atoms with Gasteiger partial charge in [-0.2, -0.15) is 0 Å². The van der Waals surface area contributed by atoms with Gasteiger partial charge in [-0.1, -0.05) is 48.5 Å². The van der Waals surface area contributed by atoms with Gasteiger partial charge in [-0.15, -0.1) is 0 Å². The summed E-state index contributed by atoms with van der Waals surface area (Å²) in [4.78, 5) is 23.8. The second-order valence-electron chi connectivity index (χ2n) is 6.11. The summed E-state index contributed by atoms with van der Waals surface area (Å²) >= 11 is 0. The van der Waals surface area contributed by atoms with Gasteiger partial charge in [0, 0.05) is 42.8 Å². The number of carbonyl (C=O) groups is 2. The maximum absolute atomic E-state index is 11.9. The van der Waals surface area contributed by atoms with Crippen LogP contribution in [0.1, 0.15) is 17.2 Å². The van der Waals surface area contributed by atoms with Crippen LogP contribution in [0.5, 0.6) is 0 Å². The number of carbonyl (C=O) groups excluding carboxylic acids is 2. The van der Waals surface area contributed by atoms with Crippen LogP contribution in [0, 0.1) is 0 Å². The molecule has 0 fully saturated rings. The number of nitrogens with zero attached hydrogens (tertiary/aromatic N) is 1. The van der Waals surface area contributed by atoms with Crippen LogP contribution >= 0.6 is 0 Å². The molecule has 26 heavy (non-hydrogen) atoms. The van der Waals surface area contributed by atoms with E-state index in [2.05, 4.69) is 10.6 Å². The summed E-state index contributed by atoms with van der Waals surface area (Å²) in [7, 11) is 1.90. The first-order valence-corrected chi connectivity index (χ1v) is 8.38. The molecule has 1 heterocycles. The molecule has 134 valence electrons. The molecule has 6 nitrogen and oxygen atoms in total. The lowest BCUT2D eigenvalue weighted by Crippen LogP contribution is -2.41. The Hall–Kier alpha value is -3.12. The number of para-hydroxylation sites is 1. The summed E-state index contributed by atoms with van der Waals surface area (Å²) in [6.07, 6.45) is 0.934. The van der Waals surface area contributed by atoms with E-state index in [9.17, 15) is 14.7 Å². The Morgan fingerprint density at radius 2 is 1.65 bits per heavy atom. The summed E-state index contributed by atoms with van der Waals surface area (Å²) in [5.41, 5.74) is 2.62. The van der Waals surface area contributed by atoms with Crippen LogP contribution in [0.2, 0.25) is 0 Å². The highest BCUT2D eigenvalue weighted by atomic mass is 16.3. The van der Waals surface area contributed by atoms with Gasteiger partial charge >= 0.3 is 11.8 Å². The average Bonchev–Trinajstić information content (AvgIpc) is 3.02. The van der Waals surface area contributed by atoms with Gasteiger partial charge in [-0.3, -0.25) is 9.59 Å². The summed E-state index contributed by atoms with van der Waals surface area (Å²) < 4.78 is 1.92. The first-order valence-electron chi connectivity index (χ1n) is 8.38. The van der Waals surface area contributed by atoms with Gasteiger partial charge in [0.05, 0.1) is 6.10 Å². The number of aromatic nitrogens is 1. The number of fused-ring (bicyclic) bond motifs is 1. The van der Waals surface area contributed by atoms with Crippen molar-refractivity contribution in [1.82, 2.24) is 15.2 Å². The number of rotatable bonds is 5. The zero-order chi connectivity index (χ0) is 18.5. The highest BCUT2D eigenvalue weighted by molar-refractivity contribution is 6.35. The number of hydrogen-bond donors (Lipinski definition) is 3. The lowest BCUT2D eigenvalue weighted by Gasteiger charge is -2.11. The van der Waals surface area contributed by atoms with Crippen molar-refractivity contribution in [3.63, 3.8) is 0 Å². The van der Waals surface area contributed by atoms with E-state index < -0.39 is 17.9 Å².